The second kappa shape index (κ2) is 8.55. The van der Waals surface area contributed by atoms with Crippen molar-refractivity contribution < 1.29 is 5.11 Å². The maximum Gasteiger partial charge on any atom is 0.0925 e. The molecule has 0 radical (unpaired) electrons. The summed E-state index contributed by atoms with van der Waals surface area (Å²) in [5.74, 6) is 0.825. The van der Waals surface area contributed by atoms with Crippen molar-refractivity contribution in [3.63, 3.8) is 0 Å². The molecule has 1 aliphatic heterocycles. The third-order valence-electron chi connectivity index (χ3n) is 6.88. The molecule has 2 heterocycles. The van der Waals surface area contributed by atoms with Crippen LogP contribution in [0.15, 0.2) is 35.1 Å². The van der Waals surface area contributed by atoms with Gasteiger partial charge in [-0.05, 0) is 62.8 Å². The summed E-state index contributed by atoms with van der Waals surface area (Å²) in [6.07, 6.45) is 7.89. The van der Waals surface area contributed by atoms with Crippen LogP contribution in [0, 0.1) is 11.8 Å². The fourth-order valence-corrected chi connectivity index (χ4v) is 4.45. The first kappa shape index (κ1) is 20.4. The van der Waals surface area contributed by atoms with Crippen LogP contribution in [0.1, 0.15) is 31.4 Å². The lowest BCUT2D eigenvalue weighted by Crippen LogP contribution is -2.44. The minimum absolute atomic E-state index is 0.255. The van der Waals surface area contributed by atoms with Gasteiger partial charge in [0.05, 0.1) is 29.0 Å². The van der Waals surface area contributed by atoms with Gasteiger partial charge in [0.1, 0.15) is 0 Å². The fraction of sp³-hybridized carbons (Fsp3) is 0.542. The van der Waals surface area contributed by atoms with E-state index in [0.29, 0.717) is 11.8 Å². The number of rotatable bonds is 6. The molecule has 164 valence electrons. The highest BCUT2D eigenvalue weighted by atomic mass is 16.3. The Bertz CT molecular complexity index is 1000. The van der Waals surface area contributed by atoms with E-state index in [0.717, 1.165) is 79.9 Å². The molecule has 2 aliphatic carbocycles. The number of allylic oxidation sites excluding steroid dienone is 2. The number of fused-ring (bicyclic) bond motifs is 1. The molecule has 3 N–H and O–H groups in total. The van der Waals surface area contributed by atoms with Crippen molar-refractivity contribution in [3.05, 3.63) is 35.8 Å². The van der Waals surface area contributed by atoms with E-state index in [1.807, 2.05) is 12.4 Å². The highest BCUT2D eigenvalue weighted by molar-refractivity contribution is 6.10. The van der Waals surface area contributed by atoms with Gasteiger partial charge in [-0.3, -0.25) is 9.98 Å². The minimum Gasteiger partial charge on any atom is -0.401 e. The first-order valence-electron chi connectivity index (χ1n) is 11.4. The van der Waals surface area contributed by atoms with Gasteiger partial charge in [0.2, 0.25) is 0 Å². The molecule has 5 rings (SSSR count). The maximum absolute atomic E-state index is 9.25. The molecule has 0 amide bonds. The van der Waals surface area contributed by atoms with Gasteiger partial charge in [0.25, 0.3) is 0 Å². The van der Waals surface area contributed by atoms with E-state index in [2.05, 4.69) is 40.0 Å². The molecule has 0 unspecified atom stereocenters. The smallest absolute Gasteiger partial charge is 0.0925 e. The molecule has 31 heavy (non-hydrogen) atoms. The Morgan fingerprint density at radius 3 is 2.68 bits per heavy atom. The number of hydrogen-bond donors (Lipinski definition) is 2. The first-order valence-corrected chi connectivity index (χ1v) is 11.4. The maximum atomic E-state index is 9.25. The molecule has 1 aromatic carbocycles. The minimum atomic E-state index is 0.255. The number of likely N-dealkylation sites (N-methyl/N-ethyl adjacent to an activating group) is 1. The van der Waals surface area contributed by atoms with Crippen molar-refractivity contribution in [2.75, 3.05) is 44.7 Å². The Morgan fingerprint density at radius 1 is 1.19 bits per heavy atom. The SMILES string of the molecule is CN1CCN(c2ccc3ncc(C(C=NC4CC(CO)C4)=C(N)C4CC4)nc3c2)CC1. The van der Waals surface area contributed by atoms with Crippen LogP contribution in [0.3, 0.4) is 0 Å². The van der Waals surface area contributed by atoms with Gasteiger partial charge in [-0.15, -0.1) is 0 Å². The van der Waals surface area contributed by atoms with E-state index in [-0.39, 0.29) is 12.6 Å². The van der Waals surface area contributed by atoms with Crippen molar-refractivity contribution in [2.45, 2.75) is 31.7 Å². The normalized spacial score (nSPS) is 25.7. The van der Waals surface area contributed by atoms with Crippen molar-refractivity contribution in [1.29, 1.82) is 0 Å². The van der Waals surface area contributed by atoms with Crippen LogP contribution in [0.25, 0.3) is 16.6 Å². The fourth-order valence-electron chi connectivity index (χ4n) is 4.45. The van der Waals surface area contributed by atoms with Gasteiger partial charge in [0, 0.05) is 56.0 Å². The molecule has 7 heteroatoms. The molecule has 0 bridgehead atoms. The Labute approximate surface area is 183 Å². The van der Waals surface area contributed by atoms with Gasteiger partial charge in [-0.25, -0.2) is 4.98 Å². The summed E-state index contributed by atoms with van der Waals surface area (Å²) < 4.78 is 0. The molecule has 2 aromatic rings. The Balaban J connectivity index is 1.43. The third-order valence-corrected chi connectivity index (χ3v) is 6.88. The predicted octanol–water partition coefficient (Wildman–Crippen LogP) is 2.30. The second-order valence-corrected chi connectivity index (χ2v) is 9.31. The molecular weight excluding hydrogens is 388 g/mol. The van der Waals surface area contributed by atoms with Crippen LogP contribution in [-0.2, 0) is 0 Å². The monoisotopic (exact) mass is 420 g/mol. The first-order chi connectivity index (χ1) is 15.1. The van der Waals surface area contributed by atoms with Crippen LogP contribution < -0.4 is 10.6 Å². The largest absolute Gasteiger partial charge is 0.401 e. The number of hydrogen-bond acceptors (Lipinski definition) is 7. The molecule has 3 aliphatic rings. The average molecular weight is 421 g/mol. The number of nitrogens with zero attached hydrogens (tertiary/aromatic N) is 5. The molecule has 1 saturated heterocycles. The Kier molecular flexibility index (Phi) is 5.63. The lowest BCUT2D eigenvalue weighted by atomic mass is 9.81. The summed E-state index contributed by atoms with van der Waals surface area (Å²) in [6, 6.07) is 6.63. The quantitative estimate of drug-likeness (QED) is 0.697. The molecule has 2 saturated carbocycles. The van der Waals surface area contributed by atoms with Crippen LogP contribution in [0.5, 0.6) is 0 Å². The van der Waals surface area contributed by atoms with E-state index >= 15 is 0 Å². The molecule has 3 fully saturated rings. The summed E-state index contributed by atoms with van der Waals surface area (Å²) in [4.78, 5) is 19.2. The van der Waals surface area contributed by atoms with E-state index in [1.165, 1.54) is 5.69 Å². The topological polar surface area (TPSA) is 90.9 Å². The summed E-state index contributed by atoms with van der Waals surface area (Å²) >= 11 is 0. The zero-order valence-electron chi connectivity index (χ0n) is 18.2. The van der Waals surface area contributed by atoms with Gasteiger partial charge < -0.3 is 20.6 Å². The summed E-state index contributed by atoms with van der Waals surface area (Å²) in [5, 5.41) is 9.25. The van der Waals surface area contributed by atoms with Crippen LogP contribution in [-0.4, -0.2) is 72.1 Å². The number of benzene rings is 1. The second-order valence-electron chi connectivity index (χ2n) is 9.31. The van der Waals surface area contributed by atoms with E-state index in [1.54, 1.807) is 0 Å². The van der Waals surface area contributed by atoms with Crippen molar-refractivity contribution >= 4 is 28.5 Å². The zero-order chi connectivity index (χ0) is 21.4. The molecule has 0 spiro atoms. The van der Waals surface area contributed by atoms with Gasteiger partial charge in [0.15, 0.2) is 0 Å². The number of aliphatic hydroxyl groups is 1. The van der Waals surface area contributed by atoms with E-state index < -0.39 is 0 Å². The van der Waals surface area contributed by atoms with E-state index in [4.69, 9.17) is 15.7 Å². The predicted molar refractivity (Wildman–Crippen MR) is 125 cm³/mol. The van der Waals surface area contributed by atoms with Gasteiger partial charge in [-0.2, -0.15) is 0 Å². The lowest BCUT2D eigenvalue weighted by molar-refractivity contribution is 0.145. The number of aliphatic hydroxyl groups excluding tert-OH is 1. The summed E-state index contributed by atoms with van der Waals surface area (Å²) in [7, 11) is 2.17. The van der Waals surface area contributed by atoms with Crippen molar-refractivity contribution in [1.82, 2.24) is 14.9 Å². The lowest BCUT2D eigenvalue weighted by Gasteiger charge is -2.34. The summed E-state index contributed by atoms with van der Waals surface area (Å²) in [5.41, 5.74) is 12.1. The van der Waals surface area contributed by atoms with Gasteiger partial charge in [-0.1, -0.05) is 0 Å². The number of anilines is 1. The van der Waals surface area contributed by atoms with Crippen LogP contribution >= 0.6 is 0 Å². The molecule has 1 aromatic heterocycles. The van der Waals surface area contributed by atoms with E-state index in [9.17, 15) is 5.11 Å². The number of aliphatic imine (C=N–C) groups is 1. The molecule has 7 nitrogen and oxygen atoms in total. The molecular formula is C24H32N6O. The Hall–Kier alpha value is -2.51. The van der Waals surface area contributed by atoms with Crippen molar-refractivity contribution in [2.24, 2.45) is 22.6 Å². The Morgan fingerprint density at radius 2 is 1.97 bits per heavy atom. The zero-order valence-corrected chi connectivity index (χ0v) is 18.2. The third kappa shape index (κ3) is 4.43. The molecule has 0 atom stereocenters. The van der Waals surface area contributed by atoms with Crippen molar-refractivity contribution in [3.8, 4) is 0 Å². The van der Waals surface area contributed by atoms with Crippen LogP contribution in [0.2, 0.25) is 0 Å². The van der Waals surface area contributed by atoms with Gasteiger partial charge >= 0.3 is 0 Å². The number of aromatic nitrogens is 2. The standard InChI is InChI=1S/C24H32N6O/c1-29-6-8-30(9-7-29)19-4-5-21-22(12-19)28-23(14-27-21)20(24(25)17-2-3-17)13-26-18-10-16(11-18)15-31/h4-5,12-14,16-18,31H,2-3,6-11,15,25H2,1H3. The highest BCUT2D eigenvalue weighted by Gasteiger charge is 2.29. The summed E-state index contributed by atoms with van der Waals surface area (Å²) in [6.45, 7) is 4.45. The number of nitrogens with two attached hydrogens (primary N) is 1. The highest BCUT2D eigenvalue weighted by Crippen LogP contribution is 2.37. The number of piperazine rings is 1. The van der Waals surface area contributed by atoms with Crippen LogP contribution in [0.4, 0.5) is 5.69 Å². The average Bonchev–Trinajstić information content (AvgIpc) is 3.60.